The quantitative estimate of drug-likeness (QED) is 0.564. The lowest BCUT2D eigenvalue weighted by Crippen LogP contribution is -2.33. The minimum absolute atomic E-state index is 0.0130. The Morgan fingerprint density at radius 1 is 1.12 bits per heavy atom. The molecule has 1 amide bonds. The van der Waals surface area contributed by atoms with Crippen molar-refractivity contribution in [2.75, 3.05) is 38.6 Å². The molecule has 3 aromatic rings. The maximum absolute atomic E-state index is 13.7. The van der Waals surface area contributed by atoms with E-state index in [9.17, 15) is 9.18 Å². The molecule has 0 saturated heterocycles. The second kappa shape index (κ2) is 10.4. The molecule has 1 aliphatic rings. The lowest BCUT2D eigenvalue weighted by molar-refractivity contribution is 0.0754. The average molecular weight is 449 g/mol. The Morgan fingerprint density at radius 3 is 2.70 bits per heavy atom. The lowest BCUT2D eigenvalue weighted by Gasteiger charge is -2.22. The molecule has 0 bridgehead atoms. The largest absolute Gasteiger partial charge is 0.486 e. The van der Waals surface area contributed by atoms with Crippen LogP contribution in [0.25, 0.3) is 0 Å². The number of benzene rings is 2. The summed E-state index contributed by atoms with van der Waals surface area (Å²) in [5.74, 6) is 1.14. The number of hydrogen-bond acceptors (Lipinski definition) is 5. The molecule has 1 aromatic heterocycles. The summed E-state index contributed by atoms with van der Waals surface area (Å²) in [4.78, 5) is 21.3. The highest BCUT2D eigenvalue weighted by Crippen LogP contribution is 2.27. The average Bonchev–Trinajstić information content (AvgIpc) is 2.95. The predicted octanol–water partition coefficient (Wildman–Crippen LogP) is 4.04. The molecule has 0 saturated carbocycles. The summed E-state index contributed by atoms with van der Waals surface area (Å²) in [6, 6.07) is 17.9. The molecule has 4 rings (SSSR count). The number of halogens is 1. The zero-order valence-corrected chi connectivity index (χ0v) is 19.0. The van der Waals surface area contributed by atoms with E-state index in [1.807, 2.05) is 60.3 Å². The van der Waals surface area contributed by atoms with Crippen LogP contribution in [-0.4, -0.2) is 49.5 Å². The molecule has 33 heavy (non-hydrogen) atoms. The van der Waals surface area contributed by atoms with Crippen LogP contribution in [0.2, 0.25) is 0 Å². The van der Waals surface area contributed by atoms with Gasteiger partial charge in [-0.15, -0.1) is 0 Å². The van der Waals surface area contributed by atoms with Crippen LogP contribution < -0.4 is 15.0 Å². The van der Waals surface area contributed by atoms with Crippen LogP contribution in [0.4, 0.5) is 10.2 Å². The van der Waals surface area contributed by atoms with Crippen molar-refractivity contribution in [1.29, 1.82) is 0 Å². The number of pyridine rings is 1. The zero-order chi connectivity index (χ0) is 23.2. The van der Waals surface area contributed by atoms with Crippen LogP contribution in [0.15, 0.2) is 66.9 Å². The molecule has 1 aliphatic heterocycles. The fraction of sp³-hybridized carbons (Fsp3) is 0.308. The molecule has 0 unspecified atom stereocenters. The third-order valence-electron chi connectivity index (χ3n) is 5.82. The first kappa shape index (κ1) is 22.7. The number of nitrogens with zero attached hydrogens (tertiary/aromatic N) is 3. The number of anilines is 1. The Morgan fingerprint density at radius 2 is 1.94 bits per heavy atom. The number of carbonyl (C=O) groups excluding carboxylic acids is 1. The maximum atomic E-state index is 13.7. The summed E-state index contributed by atoms with van der Waals surface area (Å²) in [6.07, 6.45) is 2.17. The Bertz CT molecular complexity index is 1090. The molecule has 0 aliphatic carbocycles. The summed E-state index contributed by atoms with van der Waals surface area (Å²) < 4.78 is 19.9. The van der Waals surface area contributed by atoms with E-state index in [2.05, 4.69) is 10.3 Å². The molecule has 172 valence electrons. The van der Waals surface area contributed by atoms with E-state index >= 15 is 0 Å². The molecule has 2 aromatic carbocycles. The number of carbonyl (C=O) groups is 1. The van der Waals surface area contributed by atoms with Crippen molar-refractivity contribution < 1.29 is 13.9 Å². The van der Waals surface area contributed by atoms with E-state index in [4.69, 9.17) is 4.74 Å². The van der Waals surface area contributed by atoms with Gasteiger partial charge in [0.25, 0.3) is 5.91 Å². The summed E-state index contributed by atoms with van der Waals surface area (Å²) in [7, 11) is 3.84. The smallest absolute Gasteiger partial charge is 0.257 e. The minimum atomic E-state index is -0.273. The van der Waals surface area contributed by atoms with Crippen molar-refractivity contribution in [3.8, 4) is 5.75 Å². The lowest BCUT2D eigenvalue weighted by atomic mass is 10.1. The fourth-order valence-corrected chi connectivity index (χ4v) is 4.00. The van der Waals surface area contributed by atoms with Gasteiger partial charge in [-0.25, -0.2) is 9.37 Å². The first-order valence-electron chi connectivity index (χ1n) is 11.2. The summed E-state index contributed by atoms with van der Waals surface area (Å²) in [5.41, 5.74) is 2.45. The first-order valence-corrected chi connectivity index (χ1v) is 11.2. The number of nitrogens with one attached hydrogen (secondary N) is 1. The van der Waals surface area contributed by atoms with Crippen LogP contribution in [0.3, 0.4) is 0 Å². The third-order valence-corrected chi connectivity index (χ3v) is 5.82. The number of aromatic nitrogens is 1. The van der Waals surface area contributed by atoms with E-state index in [-0.39, 0.29) is 17.8 Å². The van der Waals surface area contributed by atoms with Gasteiger partial charge in [-0.3, -0.25) is 4.79 Å². The van der Waals surface area contributed by atoms with E-state index in [0.29, 0.717) is 30.8 Å². The second-order valence-electron chi connectivity index (χ2n) is 8.22. The van der Waals surface area contributed by atoms with Gasteiger partial charge in [0.1, 0.15) is 23.5 Å². The van der Waals surface area contributed by atoms with Crippen molar-refractivity contribution in [1.82, 2.24) is 15.2 Å². The van der Waals surface area contributed by atoms with E-state index in [0.717, 1.165) is 30.0 Å². The Balaban J connectivity index is 1.46. The normalized spacial score (nSPS) is 14.6. The van der Waals surface area contributed by atoms with Gasteiger partial charge in [-0.05, 0) is 61.1 Å². The van der Waals surface area contributed by atoms with Gasteiger partial charge >= 0.3 is 0 Å². The minimum Gasteiger partial charge on any atom is -0.486 e. The molecule has 0 radical (unpaired) electrons. The molecule has 6 nitrogen and oxygen atoms in total. The second-order valence-corrected chi connectivity index (χ2v) is 8.22. The maximum Gasteiger partial charge on any atom is 0.257 e. The van der Waals surface area contributed by atoms with Crippen LogP contribution in [0.1, 0.15) is 34.0 Å². The highest BCUT2D eigenvalue weighted by molar-refractivity contribution is 5.99. The number of amides is 1. The van der Waals surface area contributed by atoms with Gasteiger partial charge in [0, 0.05) is 39.3 Å². The first-order chi connectivity index (χ1) is 16.0. The summed E-state index contributed by atoms with van der Waals surface area (Å²) >= 11 is 0. The molecular formula is C26H29FN4O2. The van der Waals surface area contributed by atoms with Gasteiger partial charge in [-0.1, -0.05) is 24.3 Å². The van der Waals surface area contributed by atoms with Gasteiger partial charge in [-0.2, -0.15) is 0 Å². The zero-order valence-electron chi connectivity index (χ0n) is 19.0. The Kier molecular flexibility index (Phi) is 7.19. The number of ether oxygens (including phenoxy) is 1. The highest BCUT2D eigenvalue weighted by atomic mass is 19.1. The van der Waals surface area contributed by atoms with Crippen molar-refractivity contribution in [3.63, 3.8) is 0 Å². The molecule has 0 spiro atoms. The molecule has 2 heterocycles. The van der Waals surface area contributed by atoms with Crippen LogP contribution in [0, 0.1) is 5.82 Å². The van der Waals surface area contributed by atoms with Crippen LogP contribution in [-0.2, 0) is 6.54 Å². The van der Waals surface area contributed by atoms with Gasteiger partial charge < -0.3 is 19.9 Å². The van der Waals surface area contributed by atoms with Crippen molar-refractivity contribution in [2.24, 2.45) is 0 Å². The Labute approximate surface area is 194 Å². The van der Waals surface area contributed by atoms with Gasteiger partial charge in [0.05, 0.1) is 5.56 Å². The summed E-state index contributed by atoms with van der Waals surface area (Å²) in [5, 5.41) is 3.12. The standard InChI is InChI=1S/C26H29FN4O2/c1-28-14-12-24(20-5-3-6-21(27)17-20)33-22-10-8-19(9-11-22)18-31-16-15-30(2)25-23(26(31)32)7-4-13-29-25/h3-11,13,17,24,28H,12,14-16,18H2,1-2H3/t24-/m0/s1. The fourth-order valence-electron chi connectivity index (χ4n) is 4.00. The predicted molar refractivity (Wildman–Crippen MR) is 127 cm³/mol. The highest BCUT2D eigenvalue weighted by Gasteiger charge is 2.25. The number of likely N-dealkylation sites (N-methyl/N-ethyl adjacent to an activating group) is 1. The van der Waals surface area contributed by atoms with Crippen LogP contribution in [0.5, 0.6) is 5.75 Å². The topological polar surface area (TPSA) is 57.7 Å². The molecule has 1 N–H and O–H groups in total. The molecule has 7 heteroatoms. The van der Waals surface area contributed by atoms with E-state index in [1.165, 1.54) is 12.1 Å². The van der Waals surface area contributed by atoms with Crippen LogP contribution >= 0.6 is 0 Å². The molecule has 1 atom stereocenters. The van der Waals surface area contributed by atoms with E-state index in [1.54, 1.807) is 18.3 Å². The SMILES string of the molecule is CNCC[C@H](Oc1ccc(CN2CCN(C)c3ncccc3C2=O)cc1)c1cccc(F)c1. The van der Waals surface area contributed by atoms with Crippen molar-refractivity contribution in [2.45, 2.75) is 19.1 Å². The molecule has 0 fully saturated rings. The number of hydrogen-bond donors (Lipinski definition) is 1. The van der Waals surface area contributed by atoms with Gasteiger partial charge in [0.2, 0.25) is 0 Å². The van der Waals surface area contributed by atoms with Gasteiger partial charge in [0.15, 0.2) is 0 Å². The van der Waals surface area contributed by atoms with Crippen molar-refractivity contribution in [3.05, 3.63) is 89.4 Å². The Hall–Kier alpha value is -3.45. The van der Waals surface area contributed by atoms with Crippen molar-refractivity contribution >= 4 is 11.7 Å². The number of rotatable bonds is 8. The monoisotopic (exact) mass is 448 g/mol. The number of fused-ring (bicyclic) bond motifs is 1. The molecular weight excluding hydrogens is 419 g/mol. The summed E-state index contributed by atoms with van der Waals surface area (Å²) in [6.45, 7) is 2.60. The van der Waals surface area contributed by atoms with E-state index < -0.39 is 0 Å². The third kappa shape index (κ3) is 5.49.